The highest BCUT2D eigenvalue weighted by Crippen LogP contribution is 2.67. The van der Waals surface area contributed by atoms with Crippen LogP contribution in [0.3, 0.4) is 0 Å². The second-order valence-electron chi connectivity index (χ2n) is 10.3. The molecule has 160 valence electrons. The van der Waals surface area contributed by atoms with Gasteiger partial charge in [0.25, 0.3) is 0 Å². The number of carbonyl (C=O) groups is 3. The zero-order valence-electron chi connectivity index (χ0n) is 18.0. The van der Waals surface area contributed by atoms with E-state index in [0.717, 1.165) is 38.5 Å². The highest BCUT2D eigenvalue weighted by molar-refractivity contribution is 5.92. The smallest absolute Gasteiger partial charge is 0.305 e. The highest BCUT2D eigenvalue weighted by atomic mass is 16.5. The van der Waals surface area contributed by atoms with Crippen molar-refractivity contribution in [1.29, 1.82) is 0 Å². The molecule has 0 aromatic carbocycles. The molecule has 0 heterocycles. The van der Waals surface area contributed by atoms with E-state index < -0.39 is 17.0 Å². The van der Waals surface area contributed by atoms with E-state index in [9.17, 15) is 19.5 Å². The molecular weight excluding hydrogens is 368 g/mol. The molecule has 6 atom stereocenters. The van der Waals surface area contributed by atoms with Gasteiger partial charge in [-0.1, -0.05) is 26.3 Å². The molecule has 5 heteroatoms. The lowest BCUT2D eigenvalue weighted by molar-refractivity contribution is -0.169. The van der Waals surface area contributed by atoms with Gasteiger partial charge >= 0.3 is 5.97 Å². The second-order valence-corrected chi connectivity index (χ2v) is 10.3. The molecule has 0 aliphatic heterocycles. The summed E-state index contributed by atoms with van der Waals surface area (Å²) < 4.78 is 5.07. The quantitative estimate of drug-likeness (QED) is 0.724. The van der Waals surface area contributed by atoms with Gasteiger partial charge in [-0.25, -0.2) is 0 Å². The first-order valence-electron chi connectivity index (χ1n) is 11.3. The third-order valence-electron chi connectivity index (χ3n) is 9.23. The number of carbonyl (C=O) groups excluding carboxylic acids is 3. The van der Waals surface area contributed by atoms with Crippen LogP contribution in [-0.4, -0.2) is 34.9 Å². The molecule has 4 rings (SSSR count). The Balaban J connectivity index is 1.57. The van der Waals surface area contributed by atoms with E-state index in [0.29, 0.717) is 30.6 Å². The van der Waals surface area contributed by atoms with Gasteiger partial charge < -0.3 is 9.84 Å². The minimum Gasteiger partial charge on any atom is -0.458 e. The SMILES string of the molecule is CCC(=O)OCC(=O)[C@@]1(O)CCC2[C@@H]3CCC4=CC(=O)CC[C@]4(C)[C@H]3CC[C@@]21C. The lowest BCUT2D eigenvalue weighted by Gasteiger charge is -2.58. The van der Waals surface area contributed by atoms with Crippen molar-refractivity contribution in [2.45, 2.75) is 84.2 Å². The summed E-state index contributed by atoms with van der Waals surface area (Å²) in [4.78, 5) is 36.4. The predicted molar refractivity (Wildman–Crippen MR) is 108 cm³/mol. The zero-order valence-corrected chi connectivity index (χ0v) is 18.0. The van der Waals surface area contributed by atoms with Crippen LogP contribution in [-0.2, 0) is 19.1 Å². The number of esters is 1. The third kappa shape index (κ3) is 2.95. The monoisotopic (exact) mass is 402 g/mol. The molecule has 29 heavy (non-hydrogen) atoms. The maximum atomic E-state index is 13.0. The Morgan fingerprint density at radius 2 is 1.83 bits per heavy atom. The third-order valence-corrected chi connectivity index (χ3v) is 9.23. The molecule has 3 saturated carbocycles. The number of hydrogen-bond donors (Lipinski definition) is 1. The first-order chi connectivity index (χ1) is 13.7. The summed E-state index contributed by atoms with van der Waals surface area (Å²) in [6.07, 6.45) is 8.77. The van der Waals surface area contributed by atoms with Crippen LogP contribution in [0.4, 0.5) is 0 Å². The van der Waals surface area contributed by atoms with Crippen LogP contribution in [0.1, 0.15) is 78.6 Å². The Kier molecular flexibility index (Phi) is 5.04. The van der Waals surface area contributed by atoms with Crippen molar-refractivity contribution in [3.63, 3.8) is 0 Å². The molecular formula is C24H34O5. The summed E-state index contributed by atoms with van der Waals surface area (Å²) in [6.45, 7) is 5.78. The molecule has 0 saturated heterocycles. The molecule has 1 unspecified atom stereocenters. The van der Waals surface area contributed by atoms with Crippen LogP contribution in [0.25, 0.3) is 0 Å². The van der Waals surface area contributed by atoms with Crippen LogP contribution in [0, 0.1) is 28.6 Å². The molecule has 0 radical (unpaired) electrons. The van der Waals surface area contributed by atoms with Gasteiger partial charge in [-0.2, -0.15) is 0 Å². The Bertz CT molecular complexity index is 769. The number of rotatable bonds is 4. The number of aliphatic hydroxyl groups is 1. The first-order valence-corrected chi connectivity index (χ1v) is 11.3. The van der Waals surface area contributed by atoms with Crippen molar-refractivity contribution in [3.8, 4) is 0 Å². The number of Topliss-reactive ketones (excluding diaryl/α,β-unsaturated/α-hetero) is 1. The van der Waals surface area contributed by atoms with E-state index in [4.69, 9.17) is 4.74 Å². The number of allylic oxidation sites excluding steroid dienone is 1. The van der Waals surface area contributed by atoms with Crippen molar-refractivity contribution in [2.24, 2.45) is 28.6 Å². The van der Waals surface area contributed by atoms with E-state index in [1.165, 1.54) is 5.57 Å². The van der Waals surface area contributed by atoms with Gasteiger partial charge in [0.15, 0.2) is 12.4 Å². The summed E-state index contributed by atoms with van der Waals surface area (Å²) in [5.41, 5.74) is -0.462. The predicted octanol–water partition coefficient (Wildman–Crippen LogP) is 3.77. The Morgan fingerprint density at radius 1 is 1.10 bits per heavy atom. The van der Waals surface area contributed by atoms with Crippen molar-refractivity contribution in [2.75, 3.05) is 6.61 Å². The fourth-order valence-corrected chi connectivity index (χ4v) is 7.40. The van der Waals surface area contributed by atoms with Crippen molar-refractivity contribution < 1.29 is 24.2 Å². The molecule has 5 nitrogen and oxygen atoms in total. The van der Waals surface area contributed by atoms with Crippen molar-refractivity contribution in [3.05, 3.63) is 11.6 Å². The van der Waals surface area contributed by atoms with Crippen LogP contribution in [0.5, 0.6) is 0 Å². The molecule has 1 N–H and O–H groups in total. The minimum absolute atomic E-state index is 0.0829. The van der Waals surface area contributed by atoms with Gasteiger partial charge in [-0.05, 0) is 74.2 Å². The molecule has 0 bridgehead atoms. The number of ketones is 2. The van der Waals surface area contributed by atoms with E-state index >= 15 is 0 Å². The number of hydrogen-bond acceptors (Lipinski definition) is 5. The number of fused-ring (bicyclic) bond motifs is 5. The Hall–Kier alpha value is -1.49. The molecule has 0 amide bonds. The van der Waals surface area contributed by atoms with Crippen LogP contribution >= 0.6 is 0 Å². The molecule has 0 spiro atoms. The van der Waals surface area contributed by atoms with E-state index in [-0.39, 0.29) is 30.0 Å². The normalized spacial score (nSPS) is 43.7. The van der Waals surface area contributed by atoms with Gasteiger partial charge in [0.2, 0.25) is 5.78 Å². The summed E-state index contributed by atoms with van der Waals surface area (Å²) in [5, 5.41) is 11.5. The van der Waals surface area contributed by atoms with Crippen molar-refractivity contribution >= 4 is 17.5 Å². The van der Waals surface area contributed by atoms with Crippen LogP contribution in [0.15, 0.2) is 11.6 Å². The molecule has 4 aliphatic carbocycles. The maximum Gasteiger partial charge on any atom is 0.305 e. The Morgan fingerprint density at radius 3 is 2.55 bits per heavy atom. The summed E-state index contributed by atoms with van der Waals surface area (Å²) in [5.74, 6) is 0.811. The summed E-state index contributed by atoms with van der Waals surface area (Å²) >= 11 is 0. The molecule has 0 aromatic rings. The van der Waals surface area contributed by atoms with Gasteiger partial charge in [0, 0.05) is 18.3 Å². The van der Waals surface area contributed by atoms with Gasteiger partial charge in [0.1, 0.15) is 5.60 Å². The zero-order chi connectivity index (χ0) is 21.0. The van der Waals surface area contributed by atoms with Gasteiger partial charge in [-0.15, -0.1) is 0 Å². The van der Waals surface area contributed by atoms with Crippen LogP contribution < -0.4 is 0 Å². The van der Waals surface area contributed by atoms with Crippen LogP contribution in [0.2, 0.25) is 0 Å². The topological polar surface area (TPSA) is 80.7 Å². The first kappa shape index (κ1) is 20.8. The standard InChI is InChI=1S/C24H34O5/c1-4-21(27)29-14-20(26)24(28)12-9-19-17-6-5-15-13-16(25)7-10-22(15,2)18(17)8-11-23(19,24)3/h13,17-19,28H,4-12,14H2,1-3H3/t17-,18+,19?,22+,23+,24+/m1/s1. The van der Waals surface area contributed by atoms with Gasteiger partial charge in [-0.3, -0.25) is 14.4 Å². The number of ether oxygens (including phenoxy) is 1. The van der Waals surface area contributed by atoms with Crippen molar-refractivity contribution in [1.82, 2.24) is 0 Å². The van der Waals surface area contributed by atoms with E-state index in [1.54, 1.807) is 6.92 Å². The second kappa shape index (κ2) is 7.04. The lowest BCUT2D eigenvalue weighted by Crippen LogP contribution is -2.58. The molecule has 3 fully saturated rings. The highest BCUT2D eigenvalue weighted by Gasteiger charge is 2.66. The van der Waals surface area contributed by atoms with Gasteiger partial charge in [0.05, 0.1) is 0 Å². The van der Waals surface area contributed by atoms with E-state index in [1.807, 2.05) is 6.08 Å². The lowest BCUT2D eigenvalue weighted by atomic mass is 9.46. The molecule has 0 aromatic heterocycles. The summed E-state index contributed by atoms with van der Waals surface area (Å²) in [6, 6.07) is 0. The fourth-order valence-electron chi connectivity index (χ4n) is 7.40. The molecule has 4 aliphatic rings. The Labute approximate surface area is 173 Å². The summed E-state index contributed by atoms with van der Waals surface area (Å²) in [7, 11) is 0. The fraction of sp³-hybridized carbons (Fsp3) is 0.792. The average Bonchev–Trinajstić information content (AvgIpc) is 2.98. The minimum atomic E-state index is -1.41. The largest absolute Gasteiger partial charge is 0.458 e. The van der Waals surface area contributed by atoms with E-state index in [2.05, 4.69) is 13.8 Å². The maximum absolute atomic E-state index is 13.0. The average molecular weight is 403 g/mol.